The van der Waals surface area contributed by atoms with E-state index in [4.69, 9.17) is 5.73 Å². The van der Waals surface area contributed by atoms with Crippen molar-refractivity contribution in [2.45, 2.75) is 40.2 Å². The van der Waals surface area contributed by atoms with E-state index >= 15 is 0 Å². The Hall–Kier alpha value is -1.55. The third kappa shape index (κ3) is 3.51. The van der Waals surface area contributed by atoms with Gasteiger partial charge in [0, 0.05) is 12.2 Å². The van der Waals surface area contributed by atoms with Crippen molar-refractivity contribution in [2.24, 2.45) is 5.92 Å². The third-order valence-corrected chi connectivity index (χ3v) is 4.05. The lowest BCUT2D eigenvalue weighted by molar-refractivity contribution is 0.222. The van der Waals surface area contributed by atoms with Gasteiger partial charge in [0.05, 0.1) is 17.6 Å². The van der Waals surface area contributed by atoms with Gasteiger partial charge in [0.1, 0.15) is 5.82 Å². The summed E-state index contributed by atoms with van der Waals surface area (Å²) in [6, 6.07) is 5.82. The molecule has 110 valence electrons. The quantitative estimate of drug-likeness (QED) is 0.761. The number of rotatable bonds is 7. The first-order valence-corrected chi connectivity index (χ1v) is 7.62. The van der Waals surface area contributed by atoms with Gasteiger partial charge in [0.2, 0.25) is 0 Å². The average molecular weight is 274 g/mol. The number of hydrogen-bond acceptors (Lipinski definition) is 3. The molecule has 0 radical (unpaired) electrons. The van der Waals surface area contributed by atoms with Crippen molar-refractivity contribution in [2.75, 3.05) is 18.8 Å². The molecule has 4 nitrogen and oxygen atoms in total. The molecule has 0 atom stereocenters. The van der Waals surface area contributed by atoms with Gasteiger partial charge in [-0.05, 0) is 30.7 Å². The highest BCUT2D eigenvalue weighted by atomic mass is 15.1. The summed E-state index contributed by atoms with van der Waals surface area (Å²) < 4.78 is 0. The second-order valence-corrected chi connectivity index (χ2v) is 5.47. The van der Waals surface area contributed by atoms with E-state index in [-0.39, 0.29) is 0 Å². The van der Waals surface area contributed by atoms with Gasteiger partial charge in [-0.2, -0.15) is 0 Å². The molecule has 0 spiro atoms. The number of nitrogens with one attached hydrogen (secondary N) is 1. The van der Waals surface area contributed by atoms with Crippen molar-refractivity contribution in [3.63, 3.8) is 0 Å². The van der Waals surface area contributed by atoms with Gasteiger partial charge in [-0.3, -0.25) is 4.90 Å². The van der Waals surface area contributed by atoms with Crippen LogP contribution in [-0.2, 0) is 6.54 Å². The van der Waals surface area contributed by atoms with Crippen molar-refractivity contribution in [1.29, 1.82) is 0 Å². The monoisotopic (exact) mass is 274 g/mol. The van der Waals surface area contributed by atoms with Crippen LogP contribution >= 0.6 is 0 Å². The fraction of sp³-hybridized carbons (Fsp3) is 0.562. The predicted molar refractivity (Wildman–Crippen MR) is 85.5 cm³/mol. The van der Waals surface area contributed by atoms with E-state index < -0.39 is 0 Å². The van der Waals surface area contributed by atoms with Gasteiger partial charge < -0.3 is 10.7 Å². The number of nitrogen functional groups attached to an aromatic ring is 1. The first-order valence-electron chi connectivity index (χ1n) is 7.62. The molecule has 2 aromatic rings. The molecule has 0 bridgehead atoms. The zero-order valence-corrected chi connectivity index (χ0v) is 12.8. The van der Waals surface area contributed by atoms with Crippen LogP contribution in [0.25, 0.3) is 11.0 Å². The number of aromatic nitrogens is 2. The maximum Gasteiger partial charge on any atom is 0.121 e. The Kier molecular flexibility index (Phi) is 5.01. The fourth-order valence-corrected chi connectivity index (χ4v) is 2.58. The predicted octanol–water partition coefficient (Wildman–Crippen LogP) is 3.40. The molecule has 20 heavy (non-hydrogen) atoms. The summed E-state index contributed by atoms with van der Waals surface area (Å²) in [5.41, 5.74) is 8.60. The van der Waals surface area contributed by atoms with Crippen LogP contribution in [0.1, 0.15) is 39.4 Å². The number of aromatic amines is 1. The second-order valence-electron chi connectivity index (χ2n) is 5.47. The van der Waals surface area contributed by atoms with Gasteiger partial charge in [0.25, 0.3) is 0 Å². The summed E-state index contributed by atoms with van der Waals surface area (Å²) in [6.45, 7) is 9.82. The Balaban J connectivity index is 2.09. The zero-order valence-electron chi connectivity index (χ0n) is 12.8. The lowest BCUT2D eigenvalue weighted by Crippen LogP contribution is -2.29. The maximum absolute atomic E-state index is 5.80. The number of benzene rings is 1. The van der Waals surface area contributed by atoms with Crippen LogP contribution in [0.2, 0.25) is 0 Å². The SMILES string of the molecule is CCC(CC)CN(CC)Cc1nc2ccc(N)cc2[nH]1. The molecule has 0 fully saturated rings. The standard InChI is InChI=1S/C16H26N4/c1-4-12(5-2)10-20(6-3)11-16-18-14-8-7-13(17)9-15(14)19-16/h7-9,12H,4-6,10-11,17H2,1-3H3,(H,18,19). The minimum Gasteiger partial charge on any atom is -0.399 e. The topological polar surface area (TPSA) is 57.9 Å². The number of anilines is 1. The summed E-state index contributed by atoms with van der Waals surface area (Å²) in [5.74, 6) is 1.80. The molecular weight excluding hydrogens is 248 g/mol. The van der Waals surface area contributed by atoms with Crippen molar-refractivity contribution in [3.05, 3.63) is 24.0 Å². The first kappa shape index (κ1) is 14.9. The van der Waals surface area contributed by atoms with Gasteiger partial charge in [-0.25, -0.2) is 4.98 Å². The van der Waals surface area contributed by atoms with Crippen LogP contribution in [0.3, 0.4) is 0 Å². The van der Waals surface area contributed by atoms with E-state index in [9.17, 15) is 0 Å². The van der Waals surface area contributed by atoms with E-state index in [1.807, 2.05) is 18.2 Å². The van der Waals surface area contributed by atoms with Crippen molar-refractivity contribution < 1.29 is 0 Å². The maximum atomic E-state index is 5.80. The molecule has 1 aromatic carbocycles. The highest BCUT2D eigenvalue weighted by Crippen LogP contribution is 2.17. The van der Waals surface area contributed by atoms with E-state index in [0.29, 0.717) is 0 Å². The summed E-state index contributed by atoms with van der Waals surface area (Å²) in [7, 11) is 0. The summed E-state index contributed by atoms with van der Waals surface area (Å²) in [6.07, 6.45) is 2.48. The molecule has 2 rings (SSSR count). The number of imidazole rings is 1. The number of nitrogens with zero attached hydrogens (tertiary/aromatic N) is 2. The van der Waals surface area contributed by atoms with Crippen LogP contribution in [0.4, 0.5) is 5.69 Å². The molecule has 3 N–H and O–H groups in total. The number of nitrogens with two attached hydrogens (primary N) is 1. The van der Waals surface area contributed by atoms with Crippen molar-refractivity contribution in [1.82, 2.24) is 14.9 Å². The highest BCUT2D eigenvalue weighted by molar-refractivity contribution is 5.78. The normalized spacial score (nSPS) is 11.8. The Morgan fingerprint density at radius 1 is 1.25 bits per heavy atom. The van der Waals surface area contributed by atoms with Gasteiger partial charge in [-0.15, -0.1) is 0 Å². The lowest BCUT2D eigenvalue weighted by Gasteiger charge is -2.24. The summed E-state index contributed by atoms with van der Waals surface area (Å²) in [4.78, 5) is 10.5. The third-order valence-electron chi connectivity index (χ3n) is 4.05. The molecule has 1 heterocycles. The molecular formula is C16H26N4. The Morgan fingerprint density at radius 3 is 2.65 bits per heavy atom. The van der Waals surface area contributed by atoms with Crippen molar-refractivity contribution >= 4 is 16.7 Å². The largest absolute Gasteiger partial charge is 0.399 e. The number of H-pyrrole nitrogens is 1. The highest BCUT2D eigenvalue weighted by Gasteiger charge is 2.12. The molecule has 0 saturated heterocycles. The van der Waals surface area contributed by atoms with E-state index in [1.165, 1.54) is 12.8 Å². The molecule has 1 aromatic heterocycles. The van der Waals surface area contributed by atoms with Crippen LogP contribution < -0.4 is 5.73 Å². The number of fused-ring (bicyclic) bond motifs is 1. The molecule has 0 saturated carbocycles. The second kappa shape index (κ2) is 6.75. The van der Waals surface area contributed by atoms with Crippen LogP contribution in [-0.4, -0.2) is 28.0 Å². The average Bonchev–Trinajstić information content (AvgIpc) is 2.84. The van der Waals surface area contributed by atoms with E-state index in [0.717, 1.165) is 48.1 Å². The number of hydrogen-bond donors (Lipinski definition) is 2. The van der Waals surface area contributed by atoms with Gasteiger partial charge in [0.15, 0.2) is 0 Å². The first-order chi connectivity index (χ1) is 9.66. The molecule has 0 amide bonds. The van der Waals surface area contributed by atoms with Crippen LogP contribution in [0.5, 0.6) is 0 Å². The smallest absolute Gasteiger partial charge is 0.121 e. The minimum atomic E-state index is 0.773. The van der Waals surface area contributed by atoms with Gasteiger partial charge >= 0.3 is 0 Å². The van der Waals surface area contributed by atoms with Crippen molar-refractivity contribution in [3.8, 4) is 0 Å². The molecule has 0 aliphatic rings. The van der Waals surface area contributed by atoms with E-state index in [1.54, 1.807) is 0 Å². The molecule has 0 aliphatic heterocycles. The Morgan fingerprint density at radius 2 is 2.00 bits per heavy atom. The van der Waals surface area contributed by atoms with Crippen LogP contribution in [0.15, 0.2) is 18.2 Å². The molecule has 4 heteroatoms. The summed E-state index contributed by atoms with van der Waals surface area (Å²) >= 11 is 0. The molecule has 0 unspecified atom stereocenters. The summed E-state index contributed by atoms with van der Waals surface area (Å²) in [5, 5.41) is 0. The zero-order chi connectivity index (χ0) is 14.5. The Labute approximate surface area is 121 Å². The molecule has 0 aliphatic carbocycles. The van der Waals surface area contributed by atoms with E-state index in [2.05, 4.69) is 35.6 Å². The minimum absolute atomic E-state index is 0.773. The Bertz CT molecular complexity index is 542. The fourth-order valence-electron chi connectivity index (χ4n) is 2.58. The lowest BCUT2D eigenvalue weighted by atomic mass is 10.0. The van der Waals surface area contributed by atoms with Gasteiger partial charge in [-0.1, -0.05) is 33.6 Å². The van der Waals surface area contributed by atoms with Crippen LogP contribution in [0, 0.1) is 5.92 Å².